The van der Waals surface area contributed by atoms with Crippen LogP contribution in [0, 0.1) is 0 Å². The van der Waals surface area contributed by atoms with Crippen molar-refractivity contribution in [1.82, 2.24) is 34.4 Å². The average Bonchev–Trinajstić information content (AvgIpc) is 3.39. The monoisotopic (exact) mass is 729 g/mol. The summed E-state index contributed by atoms with van der Waals surface area (Å²) in [7, 11) is 2.08. The van der Waals surface area contributed by atoms with Gasteiger partial charge >= 0.3 is 18.2 Å². The van der Waals surface area contributed by atoms with Crippen molar-refractivity contribution in [2.75, 3.05) is 70.0 Å². The molecule has 282 valence electrons. The van der Waals surface area contributed by atoms with Gasteiger partial charge in [-0.05, 0) is 79.1 Å². The molecule has 4 rings (SSSR count). The van der Waals surface area contributed by atoms with E-state index in [2.05, 4.69) is 27.5 Å². The fourth-order valence-corrected chi connectivity index (χ4v) is 7.44. The van der Waals surface area contributed by atoms with E-state index in [4.69, 9.17) is 4.98 Å². The molecule has 4 N–H and O–H groups in total. The zero-order chi connectivity index (χ0) is 37.7. The quantitative estimate of drug-likeness (QED) is 0.254. The van der Waals surface area contributed by atoms with Gasteiger partial charge in [-0.3, -0.25) is 19.5 Å². The van der Waals surface area contributed by atoms with Crippen molar-refractivity contribution >= 4 is 46.3 Å². The first-order valence-electron chi connectivity index (χ1n) is 17.4. The molecule has 2 fully saturated rings. The zero-order valence-electron chi connectivity index (χ0n) is 31.2. The highest BCUT2D eigenvalue weighted by Gasteiger charge is 2.43. The van der Waals surface area contributed by atoms with Crippen molar-refractivity contribution in [3.05, 3.63) is 40.4 Å². The lowest BCUT2D eigenvalue weighted by Crippen LogP contribution is -2.66. The summed E-state index contributed by atoms with van der Waals surface area (Å²) in [6, 6.07) is 7.62. The molecule has 2 aliphatic rings. The van der Waals surface area contributed by atoms with Gasteiger partial charge in [-0.2, -0.15) is 0 Å². The number of hydrogen-bond donors (Lipinski definition) is 4. The molecule has 0 bridgehead atoms. The van der Waals surface area contributed by atoms with Crippen molar-refractivity contribution in [2.24, 2.45) is 0 Å². The van der Waals surface area contributed by atoms with Crippen molar-refractivity contribution < 1.29 is 29.4 Å². The molecule has 3 heterocycles. The minimum Gasteiger partial charge on any atom is -0.465 e. The minimum absolute atomic E-state index is 0.118. The summed E-state index contributed by atoms with van der Waals surface area (Å²) in [5.41, 5.74) is 0.692. The lowest BCUT2D eigenvalue weighted by molar-refractivity contribution is -0.114. The van der Waals surface area contributed by atoms with Crippen LogP contribution >= 0.6 is 11.3 Å². The molecule has 0 atom stereocenters. The fraction of sp³-hybridized carbons (Fsp3) is 0.629. The maximum Gasteiger partial charge on any atom is 0.410 e. The normalized spacial score (nSPS) is 16.3. The fourth-order valence-electron chi connectivity index (χ4n) is 6.35. The molecule has 16 heteroatoms. The summed E-state index contributed by atoms with van der Waals surface area (Å²) < 4.78 is 0. The first-order chi connectivity index (χ1) is 23.8. The predicted octanol–water partition coefficient (Wildman–Crippen LogP) is 4.62. The number of anilines is 2. The van der Waals surface area contributed by atoms with E-state index < -0.39 is 29.6 Å². The van der Waals surface area contributed by atoms with Crippen LogP contribution in [-0.4, -0.2) is 145 Å². The van der Waals surface area contributed by atoms with E-state index in [1.54, 1.807) is 41.5 Å². The van der Waals surface area contributed by atoms with Crippen LogP contribution in [0.2, 0.25) is 0 Å². The van der Waals surface area contributed by atoms with E-state index in [1.165, 1.54) is 18.3 Å². The Kier molecular flexibility index (Phi) is 12.8. The molecule has 2 aromatic rings. The lowest BCUT2D eigenvalue weighted by atomic mass is 10.0. The summed E-state index contributed by atoms with van der Waals surface area (Å²) in [5, 5.41) is 26.9. The van der Waals surface area contributed by atoms with Crippen LogP contribution in [0.25, 0.3) is 0 Å². The van der Waals surface area contributed by atoms with Gasteiger partial charge in [0.05, 0.1) is 5.69 Å². The zero-order valence-corrected chi connectivity index (χ0v) is 32.0. The molecule has 51 heavy (non-hydrogen) atoms. The molecular weight excluding hydrogens is 675 g/mol. The second kappa shape index (κ2) is 16.5. The van der Waals surface area contributed by atoms with Crippen LogP contribution in [0.15, 0.2) is 24.3 Å². The van der Waals surface area contributed by atoms with Gasteiger partial charge in [0.2, 0.25) is 5.91 Å². The van der Waals surface area contributed by atoms with Gasteiger partial charge in [-0.1, -0.05) is 12.1 Å². The Labute approximate surface area is 305 Å². The molecule has 1 aromatic heterocycles. The number of carbonyl (C=O) groups excluding carboxylic acids is 2. The molecule has 15 nitrogen and oxygen atoms in total. The first kappa shape index (κ1) is 39.6. The van der Waals surface area contributed by atoms with Gasteiger partial charge in [-0.25, -0.2) is 19.4 Å². The van der Waals surface area contributed by atoms with Crippen LogP contribution in [0.3, 0.4) is 0 Å². The van der Waals surface area contributed by atoms with E-state index in [-0.39, 0.29) is 11.9 Å². The summed E-state index contributed by atoms with van der Waals surface area (Å²) >= 11 is 1.48. The van der Waals surface area contributed by atoms with Crippen LogP contribution in [0.1, 0.15) is 64.6 Å². The number of nitrogens with zero attached hydrogens (tertiary/aromatic N) is 7. The number of hydrogen-bond acceptors (Lipinski definition) is 9. The topological polar surface area (TPSA) is 165 Å². The Hall–Kier alpha value is -4.15. The van der Waals surface area contributed by atoms with Gasteiger partial charge in [0.15, 0.2) is 11.4 Å². The summed E-state index contributed by atoms with van der Waals surface area (Å²) in [5.74, 6) is -0.180. The van der Waals surface area contributed by atoms with Gasteiger partial charge in [0, 0.05) is 87.5 Å². The number of thiazole rings is 1. The average molecular weight is 730 g/mol. The number of nitrogens with one attached hydrogen (secondary N) is 2. The number of urea groups is 1. The SMILES string of the molecule is CC(=O)Nc1nc(CCc2ccc(NC(N(C(=O)O)C(C)(C)C)N(C(=O)O)C(C)(C)C)cc2)c(CN2CCN(C(=O)N3CCN(C)CC3)CC2)s1. The molecule has 0 radical (unpaired) electrons. The number of carboxylic acid groups (broad SMARTS) is 2. The van der Waals surface area contributed by atoms with Gasteiger partial charge < -0.3 is 35.5 Å². The molecule has 2 saturated heterocycles. The van der Waals surface area contributed by atoms with E-state index >= 15 is 0 Å². The Balaban J connectivity index is 1.43. The third-order valence-electron chi connectivity index (χ3n) is 9.09. The molecule has 0 spiro atoms. The lowest BCUT2D eigenvalue weighted by Gasteiger charge is -2.48. The van der Waals surface area contributed by atoms with Crippen LogP contribution in [0.4, 0.5) is 25.2 Å². The molecule has 0 saturated carbocycles. The number of rotatable bonds is 10. The van der Waals surface area contributed by atoms with E-state index in [9.17, 15) is 29.4 Å². The highest BCUT2D eigenvalue weighted by atomic mass is 32.1. The number of carbonyl (C=O) groups is 4. The van der Waals surface area contributed by atoms with Crippen molar-refractivity contribution in [3.8, 4) is 0 Å². The number of likely N-dealkylation sites (N-methyl/N-ethyl adjacent to an activating group) is 1. The molecular formula is C35H55N9O6S. The van der Waals surface area contributed by atoms with Crippen LogP contribution < -0.4 is 10.6 Å². The minimum atomic E-state index is -1.24. The van der Waals surface area contributed by atoms with E-state index in [1.807, 2.05) is 34.1 Å². The van der Waals surface area contributed by atoms with Crippen LogP contribution in [0.5, 0.6) is 0 Å². The molecule has 1 aromatic carbocycles. The number of aryl methyl sites for hydroxylation is 2. The smallest absolute Gasteiger partial charge is 0.410 e. The summed E-state index contributed by atoms with van der Waals surface area (Å²) in [6.07, 6.45) is -2.38. The number of aromatic nitrogens is 1. The second-order valence-electron chi connectivity index (χ2n) is 15.3. The third-order valence-corrected chi connectivity index (χ3v) is 10.1. The Morgan fingerprint density at radius 2 is 1.33 bits per heavy atom. The maximum atomic E-state index is 13.1. The largest absolute Gasteiger partial charge is 0.465 e. The summed E-state index contributed by atoms with van der Waals surface area (Å²) in [6.45, 7) is 18.6. The number of piperazine rings is 2. The highest BCUT2D eigenvalue weighted by molar-refractivity contribution is 7.15. The standard InChI is InChI=1S/C35H55N9O6S/c1-24(45)36-29-38-27(28(51-29)23-40-17-21-42(22-18-40)31(46)41-19-15-39(8)16-20-41)14-11-25-9-12-26(13-10-25)37-30(43(32(47)48)34(2,3)4)44(33(49)50)35(5,6)7/h9-10,12-13,30,37H,11,14-23H2,1-8H3,(H,47,48)(H,49,50)(H,36,38,45). The first-order valence-corrected chi connectivity index (χ1v) is 18.3. The van der Waals surface area contributed by atoms with Gasteiger partial charge in [0.25, 0.3) is 0 Å². The number of amides is 5. The van der Waals surface area contributed by atoms with Crippen molar-refractivity contribution in [3.63, 3.8) is 0 Å². The predicted molar refractivity (Wildman–Crippen MR) is 198 cm³/mol. The second-order valence-corrected chi connectivity index (χ2v) is 16.4. The van der Waals surface area contributed by atoms with Gasteiger partial charge in [-0.15, -0.1) is 11.3 Å². The van der Waals surface area contributed by atoms with Crippen molar-refractivity contribution in [2.45, 2.75) is 85.2 Å². The number of benzene rings is 1. The molecule has 2 aliphatic heterocycles. The van der Waals surface area contributed by atoms with E-state index in [0.717, 1.165) is 65.2 Å². The van der Waals surface area contributed by atoms with E-state index in [0.29, 0.717) is 43.3 Å². The third kappa shape index (κ3) is 10.7. The highest BCUT2D eigenvalue weighted by Crippen LogP contribution is 2.29. The Morgan fingerprint density at radius 1 is 0.824 bits per heavy atom. The Bertz CT molecular complexity index is 1490. The maximum absolute atomic E-state index is 13.1. The van der Waals surface area contributed by atoms with Gasteiger partial charge in [0.1, 0.15) is 0 Å². The molecule has 5 amide bonds. The van der Waals surface area contributed by atoms with Crippen molar-refractivity contribution in [1.29, 1.82) is 0 Å². The molecule has 0 unspecified atom stereocenters. The summed E-state index contributed by atoms with van der Waals surface area (Å²) in [4.78, 5) is 66.4. The molecule has 0 aliphatic carbocycles. The van der Waals surface area contributed by atoms with Crippen LogP contribution in [-0.2, 0) is 24.2 Å². The Morgan fingerprint density at radius 3 is 1.80 bits per heavy atom.